The molecule has 0 spiro atoms. The second-order valence-electron chi connectivity index (χ2n) is 6.82. The second kappa shape index (κ2) is 6.66. The van der Waals surface area contributed by atoms with Gasteiger partial charge in [0.05, 0.1) is 12.0 Å². The van der Waals surface area contributed by atoms with Gasteiger partial charge in [-0.25, -0.2) is 9.41 Å². The number of hydrogen-bond acceptors (Lipinski definition) is 0. The van der Waals surface area contributed by atoms with E-state index in [1.807, 2.05) is 24.3 Å². The van der Waals surface area contributed by atoms with E-state index in [9.17, 15) is 0 Å². The van der Waals surface area contributed by atoms with Gasteiger partial charge in [0, 0.05) is 42.3 Å². The molecule has 0 radical (unpaired) electrons. The number of rotatable bonds is 2. The molecule has 3 nitrogen and oxygen atoms in total. The van der Waals surface area contributed by atoms with E-state index in [4.69, 9.17) is 6.57 Å². The van der Waals surface area contributed by atoms with E-state index in [2.05, 4.69) is 83.7 Å². The number of aromatic nitrogens is 2. The highest BCUT2D eigenvalue weighted by atomic mass is 15.0. The fourth-order valence-corrected chi connectivity index (χ4v) is 3.69. The van der Waals surface area contributed by atoms with Crippen LogP contribution in [0.5, 0.6) is 0 Å². The van der Waals surface area contributed by atoms with Crippen LogP contribution >= 0.6 is 0 Å². The van der Waals surface area contributed by atoms with Crippen molar-refractivity contribution in [2.75, 3.05) is 0 Å². The lowest BCUT2D eigenvalue weighted by Gasteiger charge is -2.11. The lowest BCUT2D eigenvalue weighted by Crippen LogP contribution is -2.35. The molecule has 0 saturated heterocycles. The molecular formula is C24H21N3+2. The molecule has 2 aromatic carbocycles. The summed E-state index contributed by atoms with van der Waals surface area (Å²) in [5.41, 5.74) is 6.21. The van der Waals surface area contributed by atoms with Crippen LogP contribution in [0.15, 0.2) is 73.1 Å². The van der Waals surface area contributed by atoms with Gasteiger partial charge in [-0.15, -0.1) is 0 Å². The molecule has 0 aliphatic rings. The number of benzene rings is 2. The molecule has 0 N–H and O–H groups in total. The third-order valence-corrected chi connectivity index (χ3v) is 5.12. The Hall–Kier alpha value is -3.51. The molecule has 4 rings (SSSR count). The Bertz CT molecular complexity index is 1220. The van der Waals surface area contributed by atoms with Gasteiger partial charge in [0.15, 0.2) is 23.8 Å². The summed E-state index contributed by atoms with van der Waals surface area (Å²) < 4.78 is 4.29. The van der Waals surface area contributed by atoms with Gasteiger partial charge in [0.2, 0.25) is 11.4 Å². The standard InChI is InChI=1S/C24H21N3/c1-17-9-7-8-13-27(17)23-16-20(25-3)15-22(18(23)2)24-21-11-6-5-10-19(21)12-14-26(24)4/h5-16H,1-2,4H3/q+2. The molecule has 0 unspecified atom stereocenters. The monoisotopic (exact) mass is 351 g/mol. The SMILES string of the molecule is [C-]#[N+]c1cc(-c2c3ccccc3cc[n+]2C)c(C)c(-[n+]2ccccc2C)c1. The quantitative estimate of drug-likeness (QED) is 0.364. The summed E-state index contributed by atoms with van der Waals surface area (Å²) in [5.74, 6) is 0. The van der Waals surface area contributed by atoms with Crippen molar-refractivity contribution in [1.82, 2.24) is 0 Å². The molecule has 0 saturated carbocycles. The van der Waals surface area contributed by atoms with Crippen molar-refractivity contribution in [3.05, 3.63) is 95.7 Å². The fraction of sp³-hybridized carbons (Fsp3) is 0.125. The van der Waals surface area contributed by atoms with Crippen LogP contribution in [0, 0.1) is 20.4 Å². The van der Waals surface area contributed by atoms with Crippen LogP contribution in [0.4, 0.5) is 5.69 Å². The average molecular weight is 351 g/mol. The largest absolute Gasteiger partial charge is 0.238 e. The van der Waals surface area contributed by atoms with Gasteiger partial charge in [0.1, 0.15) is 7.05 Å². The lowest BCUT2D eigenvalue weighted by molar-refractivity contribution is -0.659. The highest BCUT2D eigenvalue weighted by molar-refractivity contribution is 5.94. The zero-order valence-electron chi connectivity index (χ0n) is 15.8. The zero-order valence-corrected chi connectivity index (χ0v) is 15.8. The van der Waals surface area contributed by atoms with Crippen molar-refractivity contribution >= 4 is 16.5 Å². The Balaban J connectivity index is 2.10. The topological polar surface area (TPSA) is 12.1 Å². The predicted molar refractivity (Wildman–Crippen MR) is 108 cm³/mol. The molecule has 27 heavy (non-hydrogen) atoms. The number of nitrogens with zero attached hydrogens (tertiary/aromatic N) is 3. The van der Waals surface area contributed by atoms with Crippen LogP contribution < -0.4 is 9.13 Å². The second-order valence-corrected chi connectivity index (χ2v) is 6.82. The normalized spacial score (nSPS) is 10.7. The van der Waals surface area contributed by atoms with Gasteiger partial charge in [-0.1, -0.05) is 24.3 Å². The summed E-state index contributed by atoms with van der Waals surface area (Å²) in [4.78, 5) is 3.75. The van der Waals surface area contributed by atoms with Crippen molar-refractivity contribution in [3.63, 3.8) is 0 Å². The smallest absolute Gasteiger partial charge is 0.219 e. The van der Waals surface area contributed by atoms with Crippen molar-refractivity contribution in [2.45, 2.75) is 13.8 Å². The third-order valence-electron chi connectivity index (χ3n) is 5.12. The Morgan fingerprint density at radius 3 is 2.44 bits per heavy atom. The first-order valence-electron chi connectivity index (χ1n) is 8.97. The van der Waals surface area contributed by atoms with E-state index in [1.165, 1.54) is 10.8 Å². The Morgan fingerprint density at radius 2 is 1.67 bits per heavy atom. The first-order valence-corrected chi connectivity index (χ1v) is 8.97. The number of aryl methyl sites for hydroxylation is 2. The maximum atomic E-state index is 7.61. The first kappa shape index (κ1) is 16.9. The zero-order chi connectivity index (χ0) is 19.0. The minimum absolute atomic E-state index is 0.647. The molecule has 0 atom stereocenters. The third kappa shape index (κ3) is 2.86. The van der Waals surface area contributed by atoms with Crippen LogP contribution in [-0.2, 0) is 7.05 Å². The van der Waals surface area contributed by atoms with Crippen molar-refractivity contribution in [1.29, 1.82) is 0 Å². The highest BCUT2D eigenvalue weighted by Crippen LogP contribution is 2.33. The van der Waals surface area contributed by atoms with Gasteiger partial charge in [-0.05, 0) is 24.4 Å². The maximum absolute atomic E-state index is 7.61. The van der Waals surface area contributed by atoms with Crippen molar-refractivity contribution in [2.24, 2.45) is 7.05 Å². The van der Waals surface area contributed by atoms with E-state index in [-0.39, 0.29) is 0 Å². The van der Waals surface area contributed by atoms with Gasteiger partial charge >= 0.3 is 0 Å². The molecular weight excluding hydrogens is 330 g/mol. The van der Waals surface area contributed by atoms with Crippen molar-refractivity contribution in [3.8, 4) is 16.9 Å². The lowest BCUT2D eigenvalue weighted by atomic mass is 9.97. The van der Waals surface area contributed by atoms with Crippen LogP contribution in [-0.4, -0.2) is 0 Å². The van der Waals surface area contributed by atoms with E-state index < -0.39 is 0 Å². The van der Waals surface area contributed by atoms with Gasteiger partial charge in [-0.3, -0.25) is 0 Å². The van der Waals surface area contributed by atoms with Crippen LogP contribution in [0.3, 0.4) is 0 Å². The summed E-state index contributed by atoms with van der Waals surface area (Å²) in [6, 6.07) is 20.7. The van der Waals surface area contributed by atoms with E-state index in [1.54, 1.807) is 0 Å². The van der Waals surface area contributed by atoms with Crippen molar-refractivity contribution < 1.29 is 9.13 Å². The van der Waals surface area contributed by atoms with E-state index in [0.29, 0.717) is 5.69 Å². The van der Waals surface area contributed by atoms with Crippen LogP contribution in [0.1, 0.15) is 11.3 Å². The molecule has 2 aromatic heterocycles. The van der Waals surface area contributed by atoms with Crippen LogP contribution in [0.25, 0.3) is 32.6 Å². The van der Waals surface area contributed by atoms with E-state index in [0.717, 1.165) is 28.2 Å². The van der Waals surface area contributed by atoms with Gasteiger partial charge in [-0.2, -0.15) is 4.57 Å². The predicted octanol–water partition coefficient (Wildman–Crippen LogP) is 4.78. The van der Waals surface area contributed by atoms with Gasteiger partial charge in [0.25, 0.3) is 0 Å². The molecule has 130 valence electrons. The fourth-order valence-electron chi connectivity index (χ4n) is 3.69. The minimum atomic E-state index is 0.647. The highest BCUT2D eigenvalue weighted by Gasteiger charge is 2.23. The molecule has 0 bridgehead atoms. The molecule has 0 fully saturated rings. The molecule has 4 aromatic rings. The average Bonchev–Trinajstić information content (AvgIpc) is 2.69. The number of hydrogen-bond donors (Lipinski definition) is 0. The molecule has 0 aliphatic carbocycles. The van der Waals surface area contributed by atoms with E-state index >= 15 is 0 Å². The first-order chi connectivity index (χ1) is 13.1. The summed E-state index contributed by atoms with van der Waals surface area (Å²) in [7, 11) is 2.06. The Labute approximate surface area is 159 Å². The number of fused-ring (bicyclic) bond motifs is 1. The molecule has 0 aliphatic heterocycles. The summed E-state index contributed by atoms with van der Waals surface area (Å²) in [6.07, 6.45) is 4.14. The molecule has 2 heterocycles. The summed E-state index contributed by atoms with van der Waals surface area (Å²) in [5, 5.41) is 2.39. The van der Waals surface area contributed by atoms with Gasteiger partial charge < -0.3 is 0 Å². The Morgan fingerprint density at radius 1 is 0.889 bits per heavy atom. The minimum Gasteiger partial charge on any atom is -0.238 e. The molecule has 3 heteroatoms. The summed E-state index contributed by atoms with van der Waals surface area (Å²) >= 11 is 0. The summed E-state index contributed by atoms with van der Waals surface area (Å²) in [6.45, 7) is 11.8. The molecule has 0 amide bonds. The maximum Gasteiger partial charge on any atom is 0.219 e. The number of pyridine rings is 2. The van der Waals surface area contributed by atoms with Crippen LogP contribution in [0.2, 0.25) is 0 Å². The Kier molecular flexibility index (Phi) is 4.18.